The van der Waals surface area contributed by atoms with Crippen LogP contribution < -0.4 is 5.32 Å². The van der Waals surface area contributed by atoms with Crippen LogP contribution in [0.4, 0.5) is 0 Å². The summed E-state index contributed by atoms with van der Waals surface area (Å²) in [6.45, 7) is 3.58. The van der Waals surface area contributed by atoms with Crippen molar-refractivity contribution in [1.82, 2.24) is 10.3 Å². The van der Waals surface area contributed by atoms with Crippen LogP contribution in [0.1, 0.15) is 17.0 Å². The second kappa shape index (κ2) is 4.75. The molecule has 0 aliphatic heterocycles. The van der Waals surface area contributed by atoms with E-state index in [1.165, 1.54) is 5.56 Å². The lowest BCUT2D eigenvalue weighted by Crippen LogP contribution is -2.14. The lowest BCUT2D eigenvalue weighted by Gasteiger charge is -2.04. The number of nitrogens with zero attached hydrogens (tertiary/aromatic N) is 1. The van der Waals surface area contributed by atoms with Crippen molar-refractivity contribution in [2.75, 3.05) is 0 Å². The van der Waals surface area contributed by atoms with Crippen molar-refractivity contribution in [3.05, 3.63) is 53.7 Å². The van der Waals surface area contributed by atoms with Crippen LogP contribution in [0.5, 0.6) is 0 Å². The molecule has 0 aromatic carbocycles. The summed E-state index contributed by atoms with van der Waals surface area (Å²) in [5.74, 6) is 0.948. The van der Waals surface area contributed by atoms with E-state index in [2.05, 4.69) is 23.3 Å². The number of furan rings is 1. The highest BCUT2D eigenvalue weighted by molar-refractivity contribution is 5.17. The summed E-state index contributed by atoms with van der Waals surface area (Å²) in [7, 11) is 0. The van der Waals surface area contributed by atoms with Gasteiger partial charge in [-0.2, -0.15) is 0 Å². The molecule has 2 aromatic heterocycles. The van der Waals surface area contributed by atoms with Gasteiger partial charge in [-0.05, 0) is 30.7 Å². The quantitative estimate of drug-likeness (QED) is 0.826. The van der Waals surface area contributed by atoms with Crippen LogP contribution in [0.3, 0.4) is 0 Å². The van der Waals surface area contributed by atoms with Gasteiger partial charge in [-0.3, -0.25) is 4.98 Å². The molecule has 3 heteroatoms. The van der Waals surface area contributed by atoms with Crippen molar-refractivity contribution in [3.8, 4) is 0 Å². The van der Waals surface area contributed by atoms with Crippen molar-refractivity contribution in [2.45, 2.75) is 20.0 Å². The Morgan fingerprint density at radius 3 is 2.93 bits per heavy atom. The molecule has 0 saturated heterocycles. The molecular formula is C12H14N2O. The average molecular weight is 202 g/mol. The summed E-state index contributed by atoms with van der Waals surface area (Å²) < 4.78 is 5.22. The van der Waals surface area contributed by atoms with Gasteiger partial charge in [-0.25, -0.2) is 0 Å². The minimum absolute atomic E-state index is 0.739. The van der Waals surface area contributed by atoms with Crippen molar-refractivity contribution in [2.24, 2.45) is 0 Å². The molecule has 1 N–H and O–H groups in total. The number of hydrogen-bond donors (Lipinski definition) is 1. The average Bonchev–Trinajstić information content (AvgIpc) is 2.74. The normalized spacial score (nSPS) is 10.5. The summed E-state index contributed by atoms with van der Waals surface area (Å²) in [5, 5.41) is 3.29. The van der Waals surface area contributed by atoms with E-state index in [4.69, 9.17) is 4.42 Å². The Morgan fingerprint density at radius 2 is 2.20 bits per heavy atom. The van der Waals surface area contributed by atoms with Crippen LogP contribution in [0, 0.1) is 6.92 Å². The molecule has 0 saturated carbocycles. The highest BCUT2D eigenvalue weighted by Crippen LogP contribution is 2.03. The monoisotopic (exact) mass is 202 g/mol. The third kappa shape index (κ3) is 2.67. The highest BCUT2D eigenvalue weighted by Gasteiger charge is 1.99. The minimum atomic E-state index is 0.739. The maximum atomic E-state index is 5.22. The van der Waals surface area contributed by atoms with Gasteiger partial charge in [-0.1, -0.05) is 6.07 Å². The lowest BCUT2D eigenvalue weighted by molar-refractivity contribution is 0.481. The van der Waals surface area contributed by atoms with Gasteiger partial charge in [0, 0.05) is 12.7 Å². The van der Waals surface area contributed by atoms with Gasteiger partial charge in [0.05, 0.1) is 18.5 Å². The van der Waals surface area contributed by atoms with E-state index in [1.54, 1.807) is 6.26 Å². The zero-order valence-electron chi connectivity index (χ0n) is 8.73. The molecule has 0 aliphatic rings. The maximum absolute atomic E-state index is 5.22. The summed E-state index contributed by atoms with van der Waals surface area (Å²) in [6.07, 6.45) is 3.50. The molecule has 0 aliphatic carbocycles. The molecule has 0 amide bonds. The maximum Gasteiger partial charge on any atom is 0.117 e. The molecule has 2 heterocycles. The topological polar surface area (TPSA) is 38.1 Å². The van der Waals surface area contributed by atoms with Crippen molar-refractivity contribution in [3.63, 3.8) is 0 Å². The van der Waals surface area contributed by atoms with Crippen LogP contribution in [-0.2, 0) is 13.1 Å². The van der Waals surface area contributed by atoms with Gasteiger partial charge in [0.2, 0.25) is 0 Å². The molecule has 0 unspecified atom stereocenters. The van der Waals surface area contributed by atoms with Crippen LogP contribution in [-0.4, -0.2) is 4.98 Å². The zero-order valence-corrected chi connectivity index (χ0v) is 8.73. The Morgan fingerprint density at radius 1 is 1.27 bits per heavy atom. The first kappa shape index (κ1) is 9.93. The number of nitrogens with one attached hydrogen (secondary N) is 1. The largest absolute Gasteiger partial charge is 0.468 e. The zero-order chi connectivity index (χ0) is 10.5. The summed E-state index contributed by atoms with van der Waals surface area (Å²) in [6, 6.07) is 7.86. The molecule has 3 nitrogen and oxygen atoms in total. The smallest absolute Gasteiger partial charge is 0.117 e. The molecule has 2 aromatic rings. The third-order valence-corrected chi connectivity index (χ3v) is 2.29. The van der Waals surface area contributed by atoms with Gasteiger partial charge >= 0.3 is 0 Å². The van der Waals surface area contributed by atoms with Crippen LogP contribution in [0.2, 0.25) is 0 Å². The molecule has 15 heavy (non-hydrogen) atoms. The number of pyridine rings is 1. The van der Waals surface area contributed by atoms with Crippen LogP contribution in [0.15, 0.2) is 41.1 Å². The number of aromatic nitrogens is 1. The van der Waals surface area contributed by atoms with E-state index in [0.717, 1.165) is 24.5 Å². The molecule has 0 spiro atoms. The van der Waals surface area contributed by atoms with Crippen LogP contribution >= 0.6 is 0 Å². The second-order valence-corrected chi connectivity index (χ2v) is 3.45. The van der Waals surface area contributed by atoms with Crippen LogP contribution in [0.25, 0.3) is 0 Å². The van der Waals surface area contributed by atoms with E-state index >= 15 is 0 Å². The SMILES string of the molecule is Cc1cccnc1CNCc1ccco1. The van der Waals surface area contributed by atoms with Gasteiger partial charge in [0.15, 0.2) is 0 Å². The number of hydrogen-bond acceptors (Lipinski definition) is 3. The van der Waals surface area contributed by atoms with E-state index in [0.29, 0.717) is 0 Å². The fraction of sp³-hybridized carbons (Fsp3) is 0.250. The Bertz CT molecular complexity index is 409. The Kier molecular flexibility index (Phi) is 3.15. The van der Waals surface area contributed by atoms with Crippen molar-refractivity contribution >= 4 is 0 Å². The third-order valence-electron chi connectivity index (χ3n) is 2.29. The van der Waals surface area contributed by atoms with Gasteiger partial charge in [0.25, 0.3) is 0 Å². The van der Waals surface area contributed by atoms with Gasteiger partial charge in [0.1, 0.15) is 5.76 Å². The predicted octanol–water partition coefficient (Wildman–Crippen LogP) is 2.27. The fourth-order valence-electron chi connectivity index (χ4n) is 1.42. The molecule has 2 rings (SSSR count). The first-order valence-electron chi connectivity index (χ1n) is 5.00. The van der Waals surface area contributed by atoms with E-state index in [9.17, 15) is 0 Å². The summed E-state index contributed by atoms with van der Waals surface area (Å²) >= 11 is 0. The fourth-order valence-corrected chi connectivity index (χ4v) is 1.42. The van der Waals surface area contributed by atoms with E-state index in [1.807, 2.05) is 24.4 Å². The molecule has 0 bridgehead atoms. The molecule has 0 fully saturated rings. The van der Waals surface area contributed by atoms with Crippen molar-refractivity contribution in [1.29, 1.82) is 0 Å². The summed E-state index contributed by atoms with van der Waals surface area (Å²) in [4.78, 5) is 4.30. The number of aryl methyl sites for hydroxylation is 1. The first-order chi connectivity index (χ1) is 7.36. The Balaban J connectivity index is 1.86. The second-order valence-electron chi connectivity index (χ2n) is 3.45. The Labute approximate surface area is 89.1 Å². The lowest BCUT2D eigenvalue weighted by atomic mass is 10.2. The minimum Gasteiger partial charge on any atom is -0.468 e. The van der Waals surface area contributed by atoms with E-state index < -0.39 is 0 Å². The first-order valence-corrected chi connectivity index (χ1v) is 5.00. The molecule has 0 atom stereocenters. The molecule has 78 valence electrons. The molecule has 0 radical (unpaired) electrons. The van der Waals surface area contributed by atoms with Gasteiger partial charge in [-0.15, -0.1) is 0 Å². The van der Waals surface area contributed by atoms with Gasteiger partial charge < -0.3 is 9.73 Å². The highest BCUT2D eigenvalue weighted by atomic mass is 16.3. The molecular weight excluding hydrogens is 188 g/mol. The predicted molar refractivity (Wildman–Crippen MR) is 58.2 cm³/mol. The number of rotatable bonds is 4. The van der Waals surface area contributed by atoms with E-state index in [-0.39, 0.29) is 0 Å². The van der Waals surface area contributed by atoms with Crippen molar-refractivity contribution < 1.29 is 4.42 Å². The Hall–Kier alpha value is -1.61. The standard InChI is InChI=1S/C12H14N2O/c1-10-4-2-6-14-12(10)9-13-8-11-5-3-7-15-11/h2-7,13H,8-9H2,1H3. The summed E-state index contributed by atoms with van der Waals surface area (Å²) in [5.41, 5.74) is 2.30.